The van der Waals surface area contributed by atoms with E-state index in [9.17, 15) is 0 Å². The van der Waals surface area contributed by atoms with Crippen LogP contribution in [0.2, 0.25) is 0 Å². The fraction of sp³-hybridized carbons (Fsp3) is 0.182. The smallest absolute Gasteiger partial charge is 0.161 e. The molecule has 0 amide bonds. The minimum absolute atomic E-state index is 0. The monoisotopic (exact) mass is 385 g/mol. The summed E-state index contributed by atoms with van der Waals surface area (Å²) >= 11 is 0. The third-order valence-electron chi connectivity index (χ3n) is 0.333. The molecular formula is C11H24CoN3O8-5. The van der Waals surface area contributed by atoms with Gasteiger partial charge in [-0.15, -0.1) is 0 Å². The summed E-state index contributed by atoms with van der Waals surface area (Å²) in [5.41, 5.74) is 9.96. The second-order valence-corrected chi connectivity index (χ2v) is 2.39. The molecule has 11 nitrogen and oxygen atoms in total. The molecule has 0 heterocycles. The van der Waals surface area contributed by atoms with E-state index in [1.807, 2.05) is 0 Å². The standard InChI is InChI=1S/C3H9N2.4C2H3O2.Co.H3N/c4-2-1-3-5;4*1-2(3)4;;/h2H,1,3-5H2;4*1H2,(H,3,4);;1H3/q5*-1;;. The summed E-state index contributed by atoms with van der Waals surface area (Å²) in [6.07, 6.45) is 0.819. The number of hydrogen-bond donors (Lipinski definition) is 7. The summed E-state index contributed by atoms with van der Waals surface area (Å²) in [4.78, 5) is 35.6. The molecule has 0 aliphatic rings. The minimum Gasteiger partial charge on any atom is -0.503 e. The van der Waals surface area contributed by atoms with Gasteiger partial charge in [-0.3, -0.25) is 53.4 Å². The molecule has 12 heteroatoms. The molecule has 0 spiro atoms. The van der Waals surface area contributed by atoms with Gasteiger partial charge in [0.1, 0.15) is 0 Å². The molecule has 0 rings (SSSR count). The van der Waals surface area contributed by atoms with Gasteiger partial charge in [-0.05, 0) is 6.54 Å². The van der Waals surface area contributed by atoms with Crippen molar-refractivity contribution < 1.29 is 56.4 Å². The van der Waals surface area contributed by atoms with E-state index in [-0.39, 0.29) is 22.9 Å². The van der Waals surface area contributed by atoms with Crippen molar-refractivity contribution >= 4 is 23.9 Å². The van der Waals surface area contributed by atoms with Crippen LogP contribution in [0.25, 0.3) is 0 Å². The van der Waals surface area contributed by atoms with Crippen LogP contribution in [0.4, 0.5) is 0 Å². The largest absolute Gasteiger partial charge is 0.503 e. The Hall–Kier alpha value is -2.25. The molecule has 0 aromatic carbocycles. The number of nitrogens with two attached hydrogens (primary N) is 2. The third kappa shape index (κ3) is 96800. The summed E-state index contributed by atoms with van der Waals surface area (Å²) in [5, 5.41) is 29.2. The molecule has 0 aliphatic carbocycles. The van der Waals surface area contributed by atoms with Crippen LogP contribution in [0.3, 0.4) is 0 Å². The number of carboxylic acid groups (broad SMARTS) is 4. The molecular weight excluding hydrogens is 361 g/mol. The van der Waals surface area contributed by atoms with Gasteiger partial charge in [0.25, 0.3) is 0 Å². The van der Waals surface area contributed by atoms with Crippen LogP contribution in [0.15, 0.2) is 0 Å². The predicted octanol–water partition coefficient (Wildman–Crippen LogP) is -0.764. The van der Waals surface area contributed by atoms with E-state index in [4.69, 9.17) is 51.1 Å². The van der Waals surface area contributed by atoms with E-state index in [1.54, 1.807) is 6.54 Å². The van der Waals surface area contributed by atoms with Crippen molar-refractivity contribution in [3.05, 3.63) is 34.2 Å². The normalized spacial score (nSPS) is 6.00. The van der Waals surface area contributed by atoms with Gasteiger partial charge in [0, 0.05) is 16.8 Å². The van der Waals surface area contributed by atoms with Crippen molar-refractivity contribution in [3.63, 3.8) is 0 Å². The first-order valence-corrected chi connectivity index (χ1v) is 4.77. The minimum atomic E-state index is -1.08. The van der Waals surface area contributed by atoms with E-state index >= 15 is 0 Å². The van der Waals surface area contributed by atoms with Gasteiger partial charge in [0.05, 0.1) is 0 Å². The first kappa shape index (κ1) is 42.8. The molecule has 1 radical (unpaired) electrons. The summed E-state index contributed by atoms with van der Waals surface area (Å²) in [6.45, 7) is 12.4. The molecule has 11 N–H and O–H groups in total. The molecule has 0 atom stereocenters. The number of rotatable bonds is 2. The van der Waals surface area contributed by atoms with Crippen molar-refractivity contribution in [2.75, 3.05) is 6.54 Å². The van der Waals surface area contributed by atoms with Crippen molar-refractivity contribution in [2.45, 2.75) is 6.42 Å². The number of carboxylic acids is 4. The van der Waals surface area contributed by atoms with Gasteiger partial charge in [0.2, 0.25) is 0 Å². The van der Waals surface area contributed by atoms with Gasteiger partial charge < -0.3 is 38.0 Å². The molecule has 0 fully saturated rings. The molecule has 145 valence electrons. The van der Waals surface area contributed by atoms with Crippen molar-refractivity contribution in [1.82, 2.24) is 6.15 Å². The van der Waals surface area contributed by atoms with Crippen molar-refractivity contribution in [2.24, 2.45) is 11.5 Å². The van der Waals surface area contributed by atoms with Crippen molar-refractivity contribution in [1.29, 1.82) is 0 Å². The van der Waals surface area contributed by atoms with Gasteiger partial charge in [-0.2, -0.15) is 6.42 Å². The molecule has 0 aromatic rings. The Bertz CT molecular complexity index is 212. The van der Waals surface area contributed by atoms with Gasteiger partial charge in [-0.1, -0.05) is 0 Å². The van der Waals surface area contributed by atoms with Crippen LogP contribution >= 0.6 is 0 Å². The molecule has 0 saturated heterocycles. The van der Waals surface area contributed by atoms with Crippen LogP contribution in [-0.2, 0) is 36.0 Å². The Kier molecular flexibility index (Phi) is 79.5. The number of carbonyl (C=O) groups is 4. The molecule has 0 aliphatic heterocycles. The van der Waals surface area contributed by atoms with E-state index < -0.39 is 23.9 Å². The van der Waals surface area contributed by atoms with Gasteiger partial charge >= 0.3 is 0 Å². The average molecular weight is 385 g/mol. The maximum Gasteiger partial charge on any atom is 0.161 e. The molecule has 0 saturated carbocycles. The summed E-state index contributed by atoms with van der Waals surface area (Å²) in [7, 11) is 0. The number of hydrogen-bond acceptors (Lipinski definition) is 7. The first-order valence-electron chi connectivity index (χ1n) is 4.77. The Balaban J connectivity index is -0.0000000273. The summed E-state index contributed by atoms with van der Waals surface area (Å²) < 4.78 is 0. The molecule has 0 unspecified atom stereocenters. The second-order valence-electron chi connectivity index (χ2n) is 2.39. The zero-order chi connectivity index (χ0) is 18.4. The van der Waals surface area contributed by atoms with E-state index in [1.165, 1.54) is 0 Å². The summed E-state index contributed by atoms with van der Waals surface area (Å²) in [5.74, 6) is -4.33. The van der Waals surface area contributed by atoms with Crippen LogP contribution in [0.1, 0.15) is 6.42 Å². The van der Waals surface area contributed by atoms with Crippen LogP contribution in [0.5, 0.6) is 0 Å². The van der Waals surface area contributed by atoms with Gasteiger partial charge in [-0.25, -0.2) is 0 Å². The fourth-order valence-electron chi connectivity index (χ4n) is 0.0962. The SMILES string of the molecule is N.N[CH-]CCN.[CH2-]C(=O)O.[CH2-]C(=O)O.[CH2-]C(=O)O.[CH2-]C(=O)O.[Co]. The Morgan fingerprint density at radius 1 is 0.783 bits per heavy atom. The maximum absolute atomic E-state index is 8.89. The Morgan fingerprint density at radius 3 is 0.913 bits per heavy atom. The molecule has 0 bridgehead atoms. The van der Waals surface area contributed by atoms with Crippen molar-refractivity contribution in [3.8, 4) is 0 Å². The number of aliphatic carboxylic acids is 4. The zero-order valence-corrected chi connectivity index (χ0v) is 13.5. The Morgan fingerprint density at radius 2 is 0.913 bits per heavy atom. The Labute approximate surface area is 145 Å². The molecule has 23 heavy (non-hydrogen) atoms. The van der Waals surface area contributed by atoms with Crippen LogP contribution in [0, 0.1) is 34.2 Å². The average Bonchev–Trinajstić information content (AvgIpc) is 2.14. The predicted molar refractivity (Wildman–Crippen MR) is 79.2 cm³/mol. The van der Waals surface area contributed by atoms with E-state index in [0.29, 0.717) is 6.54 Å². The first-order chi connectivity index (χ1) is 9.34. The third-order valence-corrected chi connectivity index (χ3v) is 0.333. The second kappa shape index (κ2) is 42.7. The fourth-order valence-corrected chi connectivity index (χ4v) is 0.0962. The summed E-state index contributed by atoms with van der Waals surface area (Å²) in [6, 6.07) is 0. The quantitative estimate of drug-likeness (QED) is 0.291. The maximum atomic E-state index is 8.89. The van der Waals surface area contributed by atoms with Gasteiger partial charge in [0.15, 0.2) is 23.9 Å². The molecule has 0 aromatic heterocycles. The van der Waals surface area contributed by atoms with E-state index in [0.717, 1.165) is 6.42 Å². The zero-order valence-electron chi connectivity index (χ0n) is 12.4. The van der Waals surface area contributed by atoms with Crippen LogP contribution in [-0.4, -0.2) is 50.8 Å². The van der Waals surface area contributed by atoms with Crippen LogP contribution < -0.4 is 17.6 Å². The topological polar surface area (TPSA) is 236 Å². The van der Waals surface area contributed by atoms with E-state index in [2.05, 4.69) is 27.7 Å².